The number of alkyl halides is 3. The lowest BCUT2D eigenvalue weighted by atomic mass is 9.84. The third-order valence-corrected chi connectivity index (χ3v) is 5.54. The number of halogens is 3. The van der Waals surface area contributed by atoms with E-state index >= 15 is 13.2 Å². The zero-order valence-corrected chi connectivity index (χ0v) is 17.6. The van der Waals surface area contributed by atoms with Crippen molar-refractivity contribution in [2.75, 3.05) is 13.7 Å². The zero-order chi connectivity index (χ0) is 24.0. The van der Waals surface area contributed by atoms with Crippen molar-refractivity contribution in [1.29, 1.82) is 5.26 Å². The van der Waals surface area contributed by atoms with Crippen LogP contribution in [-0.2, 0) is 5.54 Å². The minimum absolute atomic E-state index is 0.0602. The second kappa shape index (κ2) is 8.08. The molecule has 0 aliphatic carbocycles. The predicted octanol–water partition coefficient (Wildman–Crippen LogP) is 2.94. The van der Waals surface area contributed by atoms with Crippen molar-refractivity contribution in [3.8, 4) is 11.8 Å². The van der Waals surface area contributed by atoms with E-state index in [0.29, 0.717) is 11.1 Å². The number of nitriles is 1. The van der Waals surface area contributed by atoms with E-state index in [0.717, 1.165) is 0 Å². The highest BCUT2D eigenvalue weighted by Gasteiger charge is 2.61. The average molecular weight is 459 g/mol. The van der Waals surface area contributed by atoms with Crippen LogP contribution in [0.25, 0.3) is 21.9 Å². The summed E-state index contributed by atoms with van der Waals surface area (Å²) in [4.78, 5) is 9.83. The van der Waals surface area contributed by atoms with Gasteiger partial charge in [-0.15, -0.1) is 0 Å². The van der Waals surface area contributed by atoms with Gasteiger partial charge in [0.05, 0.1) is 29.8 Å². The second-order valence-corrected chi connectivity index (χ2v) is 7.58. The first-order valence-corrected chi connectivity index (χ1v) is 9.85. The van der Waals surface area contributed by atoms with Crippen molar-refractivity contribution in [2.45, 2.75) is 24.9 Å². The monoisotopic (exact) mass is 459 g/mol. The van der Waals surface area contributed by atoms with Crippen LogP contribution in [0.15, 0.2) is 36.5 Å². The highest BCUT2D eigenvalue weighted by molar-refractivity contribution is 5.90. The molecule has 0 radical (unpaired) electrons. The quantitative estimate of drug-likeness (QED) is 0.282. The van der Waals surface area contributed by atoms with E-state index in [2.05, 4.69) is 20.3 Å². The summed E-state index contributed by atoms with van der Waals surface area (Å²) in [5.41, 5.74) is -1.50. The van der Waals surface area contributed by atoms with Crippen molar-refractivity contribution in [3.05, 3.63) is 59.0 Å². The molecule has 0 aliphatic rings. The minimum atomic E-state index is -5.01. The topological polar surface area (TPSA) is 130 Å². The summed E-state index contributed by atoms with van der Waals surface area (Å²) in [7, 11) is 1.26. The Kier molecular flexibility index (Phi) is 5.53. The fourth-order valence-corrected chi connectivity index (χ4v) is 4.09. The first-order chi connectivity index (χ1) is 15.6. The molecule has 2 heterocycles. The number of benzene rings is 2. The molecule has 5 N–H and O–H groups in total. The molecule has 0 amide bonds. The van der Waals surface area contributed by atoms with Crippen LogP contribution in [0, 0.1) is 18.3 Å². The highest BCUT2D eigenvalue weighted by Crippen LogP contribution is 2.50. The van der Waals surface area contributed by atoms with Gasteiger partial charge in [0.1, 0.15) is 11.6 Å². The third kappa shape index (κ3) is 3.58. The number of aliphatic hydroxyl groups excluding tert-OH is 1. The number of hydrogen-bond donors (Lipinski definition) is 5. The Balaban J connectivity index is 2.13. The Bertz CT molecular complexity index is 1370. The number of nitrogens with one attached hydrogen (secondary N) is 3. The maximum absolute atomic E-state index is 15.1. The van der Waals surface area contributed by atoms with Crippen LogP contribution in [0.3, 0.4) is 0 Å². The van der Waals surface area contributed by atoms with Gasteiger partial charge in [0, 0.05) is 29.2 Å². The van der Waals surface area contributed by atoms with E-state index < -0.39 is 30.4 Å². The fourth-order valence-electron chi connectivity index (χ4n) is 4.09. The summed E-state index contributed by atoms with van der Waals surface area (Å²) in [6.45, 7) is 0.916. The predicted molar refractivity (Wildman–Crippen MR) is 113 cm³/mol. The van der Waals surface area contributed by atoms with Crippen molar-refractivity contribution < 1.29 is 28.1 Å². The number of aryl methyl sites for hydroxylation is 1. The van der Waals surface area contributed by atoms with E-state index in [1.165, 1.54) is 43.6 Å². The van der Waals surface area contributed by atoms with Gasteiger partial charge in [-0.1, -0.05) is 0 Å². The van der Waals surface area contributed by atoms with E-state index in [1.807, 2.05) is 6.07 Å². The molecule has 4 aromatic rings. The number of ether oxygens (including phenoxy) is 1. The number of H-pyrrole nitrogens is 2. The lowest BCUT2D eigenvalue weighted by molar-refractivity contribution is -0.193. The third-order valence-electron chi connectivity index (χ3n) is 5.54. The SMILES string of the molecule is COc1cc(C)c2[nH]ccc2c1C(NCC(O)O)(c1nc2ccc(C#N)cc2[nH]1)C(F)(F)F. The number of aromatic nitrogens is 3. The maximum Gasteiger partial charge on any atom is 0.418 e. The largest absolute Gasteiger partial charge is 0.496 e. The van der Waals surface area contributed by atoms with E-state index in [4.69, 9.17) is 10.00 Å². The summed E-state index contributed by atoms with van der Waals surface area (Å²) >= 11 is 0. The Morgan fingerprint density at radius 2 is 2.00 bits per heavy atom. The van der Waals surface area contributed by atoms with Gasteiger partial charge < -0.3 is 24.9 Å². The second-order valence-electron chi connectivity index (χ2n) is 7.58. The molecule has 1 atom stereocenters. The van der Waals surface area contributed by atoms with Crippen LogP contribution in [0.2, 0.25) is 0 Å². The number of imidazole rings is 1. The maximum atomic E-state index is 15.1. The van der Waals surface area contributed by atoms with Gasteiger partial charge in [0.25, 0.3) is 0 Å². The molecule has 8 nitrogen and oxygen atoms in total. The average Bonchev–Trinajstić information content (AvgIpc) is 3.41. The van der Waals surface area contributed by atoms with Crippen molar-refractivity contribution in [2.24, 2.45) is 0 Å². The summed E-state index contributed by atoms with van der Waals surface area (Å²) in [5, 5.41) is 30.6. The van der Waals surface area contributed by atoms with E-state index in [1.54, 1.807) is 6.92 Å². The summed E-state index contributed by atoms with van der Waals surface area (Å²) in [6.07, 6.45) is -5.57. The standard InChI is InChI=1S/C22H20F3N5O3/c1-11-7-16(33-2)18(13-5-6-27-19(11)13)21(22(23,24)25,28-10-17(31)32)20-29-14-4-3-12(9-26)8-15(14)30-20/h3-8,17,27-28,31-32H,10H2,1-2H3,(H,29,30). The fraction of sp³-hybridized carbons (Fsp3) is 0.273. The Hall–Kier alpha value is -3.59. The molecule has 2 aromatic carbocycles. The first kappa shape index (κ1) is 22.6. The smallest absolute Gasteiger partial charge is 0.418 e. The van der Waals surface area contributed by atoms with E-state index in [-0.39, 0.29) is 33.3 Å². The van der Waals surface area contributed by atoms with Crippen LogP contribution in [-0.4, -0.2) is 51.3 Å². The molecular weight excluding hydrogens is 439 g/mol. The van der Waals surface area contributed by atoms with Crippen molar-refractivity contribution >= 4 is 21.9 Å². The molecule has 2 aromatic heterocycles. The number of aliphatic hydroxyl groups is 2. The normalized spacial score (nSPS) is 14.0. The van der Waals surface area contributed by atoms with Gasteiger partial charge in [-0.25, -0.2) is 4.98 Å². The highest BCUT2D eigenvalue weighted by atomic mass is 19.4. The molecule has 4 rings (SSSR count). The van der Waals surface area contributed by atoms with Crippen LogP contribution < -0.4 is 10.1 Å². The molecule has 0 saturated carbocycles. The summed E-state index contributed by atoms with van der Waals surface area (Å²) < 4.78 is 50.7. The number of methoxy groups -OCH3 is 1. The summed E-state index contributed by atoms with van der Waals surface area (Å²) in [6, 6.07) is 9.19. The molecule has 33 heavy (non-hydrogen) atoms. The van der Waals surface area contributed by atoms with Crippen LogP contribution in [0.1, 0.15) is 22.5 Å². The van der Waals surface area contributed by atoms with Crippen molar-refractivity contribution in [3.63, 3.8) is 0 Å². The van der Waals surface area contributed by atoms with Crippen LogP contribution in [0.5, 0.6) is 5.75 Å². The van der Waals surface area contributed by atoms with Crippen LogP contribution in [0.4, 0.5) is 13.2 Å². The van der Waals surface area contributed by atoms with Gasteiger partial charge in [0.15, 0.2) is 6.29 Å². The Labute approximate surface area is 185 Å². The molecule has 0 aliphatic heterocycles. The van der Waals surface area contributed by atoms with E-state index in [9.17, 15) is 10.2 Å². The number of nitrogens with zero attached hydrogens (tertiary/aromatic N) is 2. The first-order valence-electron chi connectivity index (χ1n) is 9.85. The van der Waals surface area contributed by atoms with Gasteiger partial charge in [-0.05, 0) is 42.8 Å². The molecule has 0 saturated heterocycles. The minimum Gasteiger partial charge on any atom is -0.496 e. The van der Waals surface area contributed by atoms with Gasteiger partial charge in [-0.2, -0.15) is 18.4 Å². The zero-order valence-electron chi connectivity index (χ0n) is 17.6. The van der Waals surface area contributed by atoms with Crippen molar-refractivity contribution in [1.82, 2.24) is 20.3 Å². The molecule has 172 valence electrons. The molecule has 11 heteroatoms. The number of rotatable bonds is 6. The number of hydrogen-bond acceptors (Lipinski definition) is 6. The molecule has 0 bridgehead atoms. The lowest BCUT2D eigenvalue weighted by Gasteiger charge is -2.37. The molecular formula is C22H20F3N5O3. The number of fused-ring (bicyclic) bond motifs is 2. The van der Waals surface area contributed by atoms with Gasteiger partial charge in [0.2, 0.25) is 5.54 Å². The summed E-state index contributed by atoms with van der Waals surface area (Å²) in [5.74, 6) is -0.597. The van der Waals surface area contributed by atoms with Gasteiger partial charge in [-0.3, -0.25) is 5.32 Å². The Morgan fingerprint density at radius 3 is 2.64 bits per heavy atom. The Morgan fingerprint density at radius 1 is 1.24 bits per heavy atom. The lowest BCUT2D eigenvalue weighted by Crippen LogP contribution is -2.57. The molecule has 0 fully saturated rings. The van der Waals surface area contributed by atoms with Gasteiger partial charge >= 0.3 is 6.18 Å². The molecule has 0 spiro atoms. The molecule has 1 unspecified atom stereocenters. The van der Waals surface area contributed by atoms with Crippen LogP contribution >= 0.6 is 0 Å². The number of aromatic amines is 2.